The molecule has 1 amide bonds. The largest absolute Gasteiger partial charge is 0.393 e. The molecule has 2 atom stereocenters. The third kappa shape index (κ3) is 3.99. The molecular formula is C22H29N3O3. The molecule has 2 fully saturated rings. The summed E-state index contributed by atoms with van der Waals surface area (Å²) >= 11 is 0. The van der Waals surface area contributed by atoms with Gasteiger partial charge in [-0.1, -0.05) is 30.3 Å². The summed E-state index contributed by atoms with van der Waals surface area (Å²) in [4.78, 5) is 20.8. The van der Waals surface area contributed by atoms with E-state index in [1.54, 1.807) is 0 Å². The third-order valence-corrected chi connectivity index (χ3v) is 5.93. The molecule has 2 aromatic rings. The van der Waals surface area contributed by atoms with Crippen LogP contribution in [-0.4, -0.2) is 70.8 Å². The molecule has 4 rings (SSSR count). The zero-order chi connectivity index (χ0) is 19.5. The summed E-state index contributed by atoms with van der Waals surface area (Å²) in [6, 6.07) is 11.9. The summed E-state index contributed by atoms with van der Waals surface area (Å²) in [5, 5.41) is 9.80. The summed E-state index contributed by atoms with van der Waals surface area (Å²) in [5.74, 6) is 0.0509. The number of nitrogens with one attached hydrogen (secondary N) is 1. The average molecular weight is 383 g/mol. The molecule has 2 aliphatic rings. The number of aryl methyl sites for hydroxylation is 1. The first-order valence-electron chi connectivity index (χ1n) is 10.2. The van der Waals surface area contributed by atoms with Crippen LogP contribution in [0.15, 0.2) is 42.6 Å². The van der Waals surface area contributed by atoms with Gasteiger partial charge in [0.25, 0.3) is 5.91 Å². The fraction of sp³-hybridized carbons (Fsp3) is 0.500. The van der Waals surface area contributed by atoms with Crippen molar-refractivity contribution in [3.8, 4) is 0 Å². The van der Waals surface area contributed by atoms with Crippen molar-refractivity contribution in [2.45, 2.75) is 38.0 Å². The number of rotatable bonds is 4. The Morgan fingerprint density at radius 2 is 1.93 bits per heavy atom. The lowest BCUT2D eigenvalue weighted by Crippen LogP contribution is -2.52. The van der Waals surface area contributed by atoms with Gasteiger partial charge in [0.2, 0.25) is 0 Å². The van der Waals surface area contributed by atoms with Crippen LogP contribution < -0.4 is 0 Å². The second-order valence-electron chi connectivity index (χ2n) is 7.81. The minimum Gasteiger partial charge on any atom is -0.393 e. The van der Waals surface area contributed by atoms with Gasteiger partial charge < -0.3 is 24.6 Å². The molecule has 3 heterocycles. The molecule has 2 saturated heterocycles. The van der Waals surface area contributed by atoms with Crippen LogP contribution >= 0.6 is 0 Å². The van der Waals surface area contributed by atoms with Crippen LogP contribution in [0.5, 0.6) is 0 Å². The van der Waals surface area contributed by atoms with Crippen molar-refractivity contribution in [3.05, 3.63) is 59.4 Å². The van der Waals surface area contributed by atoms with E-state index in [0.717, 1.165) is 49.3 Å². The molecule has 0 bridgehead atoms. The maximum absolute atomic E-state index is 13.3. The van der Waals surface area contributed by atoms with Crippen molar-refractivity contribution >= 4 is 5.91 Å². The predicted octanol–water partition coefficient (Wildman–Crippen LogP) is 2.36. The molecule has 0 aliphatic carbocycles. The SMILES string of the molecule is Cc1[nH]ccc1C(=O)N1CCO[C@@H](CN2CCC(O)CC2)[C@@H]1c1ccccc1. The van der Waals surface area contributed by atoms with E-state index in [9.17, 15) is 9.90 Å². The van der Waals surface area contributed by atoms with E-state index < -0.39 is 0 Å². The summed E-state index contributed by atoms with van der Waals surface area (Å²) < 4.78 is 6.20. The van der Waals surface area contributed by atoms with E-state index in [1.807, 2.05) is 42.3 Å². The Bertz CT molecular complexity index is 783. The Morgan fingerprint density at radius 1 is 1.18 bits per heavy atom. The van der Waals surface area contributed by atoms with Gasteiger partial charge in [-0.2, -0.15) is 0 Å². The normalized spacial score (nSPS) is 24.4. The number of hydrogen-bond acceptors (Lipinski definition) is 4. The van der Waals surface area contributed by atoms with Gasteiger partial charge in [0.05, 0.1) is 30.4 Å². The maximum atomic E-state index is 13.3. The lowest BCUT2D eigenvalue weighted by molar-refractivity contribution is -0.0770. The topological polar surface area (TPSA) is 68.8 Å². The van der Waals surface area contributed by atoms with Crippen LogP contribution in [0.1, 0.15) is 40.5 Å². The summed E-state index contributed by atoms with van der Waals surface area (Å²) in [6.45, 7) is 5.56. The van der Waals surface area contributed by atoms with E-state index in [4.69, 9.17) is 4.74 Å². The van der Waals surface area contributed by atoms with Crippen molar-refractivity contribution in [1.29, 1.82) is 0 Å². The molecule has 6 nitrogen and oxygen atoms in total. The number of aromatic nitrogens is 1. The molecule has 6 heteroatoms. The number of morpholine rings is 1. The highest BCUT2D eigenvalue weighted by Gasteiger charge is 2.38. The van der Waals surface area contributed by atoms with Gasteiger partial charge in [0, 0.05) is 38.1 Å². The molecule has 0 unspecified atom stereocenters. The number of aliphatic hydroxyl groups excluding tert-OH is 1. The number of benzene rings is 1. The third-order valence-electron chi connectivity index (χ3n) is 5.93. The number of aromatic amines is 1. The van der Waals surface area contributed by atoms with Gasteiger partial charge in [-0.05, 0) is 31.4 Å². The number of nitrogens with zero attached hydrogens (tertiary/aromatic N) is 2. The number of likely N-dealkylation sites (tertiary alicyclic amines) is 1. The van der Waals surface area contributed by atoms with Gasteiger partial charge in [-0.3, -0.25) is 4.79 Å². The highest BCUT2D eigenvalue weighted by molar-refractivity contribution is 5.95. The molecule has 0 saturated carbocycles. The van der Waals surface area contributed by atoms with Gasteiger partial charge in [-0.25, -0.2) is 0 Å². The van der Waals surface area contributed by atoms with Gasteiger partial charge >= 0.3 is 0 Å². The molecule has 2 aliphatic heterocycles. The van der Waals surface area contributed by atoms with Crippen molar-refractivity contribution in [2.24, 2.45) is 0 Å². The molecule has 1 aromatic heterocycles. The van der Waals surface area contributed by atoms with Gasteiger partial charge in [0.15, 0.2) is 0 Å². The average Bonchev–Trinajstić information content (AvgIpc) is 3.15. The fourth-order valence-corrected chi connectivity index (χ4v) is 4.35. The van der Waals surface area contributed by atoms with Crippen molar-refractivity contribution in [3.63, 3.8) is 0 Å². The van der Waals surface area contributed by atoms with E-state index in [2.05, 4.69) is 22.0 Å². The molecule has 150 valence electrons. The molecule has 0 radical (unpaired) electrons. The van der Waals surface area contributed by atoms with Gasteiger partial charge in [0.1, 0.15) is 0 Å². The van der Waals surface area contributed by atoms with Crippen LogP contribution in [0.2, 0.25) is 0 Å². The van der Waals surface area contributed by atoms with Crippen LogP contribution in [0.3, 0.4) is 0 Å². The van der Waals surface area contributed by atoms with E-state index >= 15 is 0 Å². The van der Waals surface area contributed by atoms with Crippen LogP contribution in [0.4, 0.5) is 0 Å². The number of piperidine rings is 1. The summed E-state index contributed by atoms with van der Waals surface area (Å²) in [6.07, 6.45) is 3.14. The van der Waals surface area contributed by atoms with Crippen molar-refractivity contribution < 1.29 is 14.6 Å². The minimum absolute atomic E-state index is 0.0509. The van der Waals surface area contributed by atoms with Crippen LogP contribution in [0.25, 0.3) is 0 Å². The Hall–Kier alpha value is -2.15. The first kappa shape index (κ1) is 19.2. The summed E-state index contributed by atoms with van der Waals surface area (Å²) in [5.41, 5.74) is 2.72. The zero-order valence-corrected chi connectivity index (χ0v) is 16.4. The molecule has 28 heavy (non-hydrogen) atoms. The number of ether oxygens (including phenoxy) is 1. The second kappa shape index (κ2) is 8.47. The zero-order valence-electron chi connectivity index (χ0n) is 16.4. The minimum atomic E-state index is -0.192. The number of amides is 1. The molecule has 2 N–H and O–H groups in total. The first-order valence-corrected chi connectivity index (χ1v) is 10.2. The van der Waals surface area contributed by atoms with Crippen molar-refractivity contribution in [2.75, 3.05) is 32.8 Å². The van der Waals surface area contributed by atoms with Crippen molar-refractivity contribution in [1.82, 2.24) is 14.8 Å². The smallest absolute Gasteiger partial charge is 0.256 e. The van der Waals surface area contributed by atoms with Crippen LogP contribution in [-0.2, 0) is 4.74 Å². The lowest BCUT2D eigenvalue weighted by atomic mass is 9.96. The maximum Gasteiger partial charge on any atom is 0.256 e. The standard InChI is InChI=1S/C22H29N3O3/c1-16-19(7-10-23-16)22(27)25-13-14-28-20(15-24-11-8-18(26)9-12-24)21(25)17-5-3-2-4-6-17/h2-7,10,18,20-21,23,26H,8-9,11-15H2,1H3/t20-,21-/m0/s1. The van der Waals surface area contributed by atoms with E-state index in [1.165, 1.54) is 0 Å². The van der Waals surface area contributed by atoms with E-state index in [0.29, 0.717) is 13.2 Å². The second-order valence-corrected chi connectivity index (χ2v) is 7.81. The highest BCUT2D eigenvalue weighted by Crippen LogP contribution is 2.32. The number of aliphatic hydroxyl groups is 1. The number of hydrogen-bond donors (Lipinski definition) is 2. The monoisotopic (exact) mass is 383 g/mol. The number of H-pyrrole nitrogens is 1. The summed E-state index contributed by atoms with van der Waals surface area (Å²) in [7, 11) is 0. The Labute approximate surface area is 166 Å². The first-order chi connectivity index (χ1) is 13.6. The molecule has 0 spiro atoms. The van der Waals surface area contributed by atoms with E-state index in [-0.39, 0.29) is 24.2 Å². The predicted molar refractivity (Wildman–Crippen MR) is 107 cm³/mol. The Morgan fingerprint density at radius 3 is 2.61 bits per heavy atom. The highest BCUT2D eigenvalue weighted by atomic mass is 16.5. The van der Waals surface area contributed by atoms with Crippen LogP contribution in [0, 0.1) is 6.92 Å². The Kier molecular flexibility index (Phi) is 5.80. The quantitative estimate of drug-likeness (QED) is 0.851. The number of carbonyl (C=O) groups is 1. The molecule has 1 aromatic carbocycles. The lowest BCUT2D eigenvalue weighted by Gasteiger charge is -2.44. The number of carbonyl (C=O) groups excluding carboxylic acids is 1. The fourth-order valence-electron chi connectivity index (χ4n) is 4.35. The molecular weight excluding hydrogens is 354 g/mol. The Balaban J connectivity index is 1.60. The van der Waals surface area contributed by atoms with Gasteiger partial charge in [-0.15, -0.1) is 0 Å².